The molecule has 21 heavy (non-hydrogen) atoms. The van der Waals surface area contributed by atoms with Gasteiger partial charge in [0.15, 0.2) is 0 Å². The van der Waals surface area contributed by atoms with Gasteiger partial charge in [-0.05, 0) is 43.9 Å². The number of benzene rings is 2. The van der Waals surface area contributed by atoms with Crippen LogP contribution >= 0.6 is 0 Å². The van der Waals surface area contributed by atoms with Crippen molar-refractivity contribution in [2.24, 2.45) is 0 Å². The molecule has 1 unspecified atom stereocenters. The van der Waals surface area contributed by atoms with Crippen LogP contribution in [0.15, 0.2) is 54.6 Å². The molecule has 2 aromatic rings. The first-order valence-corrected chi connectivity index (χ1v) is 6.78. The Morgan fingerprint density at radius 2 is 1.67 bits per heavy atom. The van der Waals surface area contributed by atoms with Crippen LogP contribution in [-0.4, -0.2) is 32.0 Å². The summed E-state index contributed by atoms with van der Waals surface area (Å²) in [7, 11) is 5.40. The summed E-state index contributed by atoms with van der Waals surface area (Å²) in [4.78, 5) is 14.4. The molecule has 0 saturated carbocycles. The van der Waals surface area contributed by atoms with Crippen LogP contribution in [-0.2, 0) is 4.79 Å². The van der Waals surface area contributed by atoms with Crippen LogP contribution in [0.25, 0.3) is 0 Å². The van der Waals surface area contributed by atoms with Gasteiger partial charge < -0.3 is 10.1 Å². The third-order valence-corrected chi connectivity index (χ3v) is 3.24. The van der Waals surface area contributed by atoms with Gasteiger partial charge in [-0.25, -0.2) is 0 Å². The number of rotatable bonds is 5. The number of nitrogens with one attached hydrogen (secondary N) is 1. The molecule has 0 saturated heterocycles. The monoisotopic (exact) mass is 284 g/mol. The fourth-order valence-corrected chi connectivity index (χ4v) is 2.20. The van der Waals surface area contributed by atoms with Gasteiger partial charge in [0, 0.05) is 5.69 Å². The van der Waals surface area contributed by atoms with Gasteiger partial charge in [-0.1, -0.05) is 30.3 Å². The van der Waals surface area contributed by atoms with Crippen LogP contribution in [0.5, 0.6) is 5.75 Å². The maximum absolute atomic E-state index is 12.5. The Balaban J connectivity index is 2.15. The lowest BCUT2D eigenvalue weighted by atomic mass is 10.1. The van der Waals surface area contributed by atoms with Crippen LogP contribution < -0.4 is 10.1 Å². The molecule has 0 aliphatic carbocycles. The van der Waals surface area contributed by atoms with Gasteiger partial charge in [-0.15, -0.1) is 0 Å². The summed E-state index contributed by atoms with van der Waals surface area (Å²) in [5.41, 5.74) is 1.72. The lowest BCUT2D eigenvalue weighted by Gasteiger charge is -2.23. The van der Waals surface area contributed by atoms with E-state index in [1.165, 1.54) is 0 Å². The van der Waals surface area contributed by atoms with Crippen molar-refractivity contribution in [1.82, 2.24) is 4.90 Å². The summed E-state index contributed by atoms with van der Waals surface area (Å²) >= 11 is 0. The van der Waals surface area contributed by atoms with Crippen LogP contribution in [0, 0.1) is 0 Å². The quantitative estimate of drug-likeness (QED) is 0.918. The van der Waals surface area contributed by atoms with E-state index in [1.54, 1.807) is 7.11 Å². The number of anilines is 1. The second-order valence-corrected chi connectivity index (χ2v) is 4.99. The van der Waals surface area contributed by atoms with Crippen LogP contribution in [0.1, 0.15) is 11.6 Å². The number of likely N-dealkylation sites (N-methyl/N-ethyl adjacent to an activating group) is 1. The van der Waals surface area contributed by atoms with E-state index in [0.717, 1.165) is 17.0 Å². The van der Waals surface area contributed by atoms with Gasteiger partial charge in [0.1, 0.15) is 11.8 Å². The third kappa shape index (κ3) is 3.83. The molecule has 4 heteroatoms. The van der Waals surface area contributed by atoms with Gasteiger partial charge in [-0.3, -0.25) is 9.69 Å². The average molecular weight is 284 g/mol. The summed E-state index contributed by atoms with van der Waals surface area (Å²) in [5.74, 6) is 0.705. The lowest BCUT2D eigenvalue weighted by molar-refractivity contribution is -0.120. The molecule has 0 spiro atoms. The highest BCUT2D eigenvalue weighted by atomic mass is 16.5. The van der Waals surface area contributed by atoms with Crippen molar-refractivity contribution in [2.45, 2.75) is 6.04 Å². The number of nitrogens with zero attached hydrogens (tertiary/aromatic N) is 1. The molecular formula is C17H20N2O2. The Bertz CT molecular complexity index is 579. The Morgan fingerprint density at radius 1 is 1.05 bits per heavy atom. The number of ether oxygens (including phenoxy) is 1. The number of methoxy groups -OCH3 is 1. The topological polar surface area (TPSA) is 41.6 Å². The summed E-state index contributed by atoms with van der Waals surface area (Å²) in [6, 6.07) is 16.7. The summed E-state index contributed by atoms with van der Waals surface area (Å²) in [5, 5.41) is 2.94. The van der Waals surface area contributed by atoms with Crippen molar-refractivity contribution < 1.29 is 9.53 Å². The highest BCUT2D eigenvalue weighted by Crippen LogP contribution is 2.21. The molecule has 0 aromatic heterocycles. The van der Waals surface area contributed by atoms with Crippen molar-refractivity contribution in [3.8, 4) is 5.75 Å². The van der Waals surface area contributed by atoms with Gasteiger partial charge >= 0.3 is 0 Å². The van der Waals surface area contributed by atoms with Gasteiger partial charge in [0.25, 0.3) is 0 Å². The van der Waals surface area contributed by atoms with E-state index in [0.29, 0.717) is 0 Å². The number of carbonyl (C=O) groups is 1. The molecule has 2 rings (SSSR count). The first-order valence-electron chi connectivity index (χ1n) is 6.78. The van der Waals surface area contributed by atoms with E-state index < -0.39 is 0 Å². The Hall–Kier alpha value is -2.33. The molecule has 2 aromatic carbocycles. The maximum atomic E-state index is 12.5. The van der Waals surface area contributed by atoms with Crippen molar-refractivity contribution in [2.75, 3.05) is 26.5 Å². The molecule has 4 nitrogen and oxygen atoms in total. The minimum Gasteiger partial charge on any atom is -0.497 e. The van der Waals surface area contributed by atoms with E-state index >= 15 is 0 Å². The van der Waals surface area contributed by atoms with Crippen LogP contribution in [0.4, 0.5) is 5.69 Å². The molecular weight excluding hydrogens is 264 g/mol. The predicted molar refractivity (Wildman–Crippen MR) is 84.5 cm³/mol. The third-order valence-electron chi connectivity index (χ3n) is 3.24. The fraction of sp³-hybridized carbons (Fsp3) is 0.235. The average Bonchev–Trinajstić information content (AvgIpc) is 2.49. The van der Waals surface area contributed by atoms with Crippen molar-refractivity contribution in [3.63, 3.8) is 0 Å². The standard InChI is InChI=1S/C17H20N2O2/c1-19(2)16(13-7-5-4-6-8-13)17(20)18-14-9-11-15(21-3)12-10-14/h4-12,16H,1-3H3,(H,18,20). The molecule has 0 heterocycles. The Morgan fingerprint density at radius 3 is 2.19 bits per heavy atom. The normalized spacial score (nSPS) is 12.0. The van der Waals surface area contributed by atoms with Gasteiger partial charge in [0.05, 0.1) is 7.11 Å². The van der Waals surface area contributed by atoms with E-state index in [9.17, 15) is 4.79 Å². The molecule has 0 aliphatic heterocycles. The zero-order valence-corrected chi connectivity index (χ0v) is 12.5. The number of hydrogen-bond acceptors (Lipinski definition) is 3. The largest absolute Gasteiger partial charge is 0.497 e. The van der Waals surface area contributed by atoms with E-state index in [-0.39, 0.29) is 11.9 Å². The van der Waals surface area contributed by atoms with Gasteiger partial charge in [-0.2, -0.15) is 0 Å². The van der Waals surface area contributed by atoms with Crippen molar-refractivity contribution >= 4 is 11.6 Å². The second-order valence-electron chi connectivity index (χ2n) is 4.99. The van der Waals surface area contributed by atoms with Crippen LogP contribution in [0.2, 0.25) is 0 Å². The molecule has 0 radical (unpaired) electrons. The molecule has 1 amide bonds. The molecule has 0 bridgehead atoms. The number of hydrogen-bond donors (Lipinski definition) is 1. The highest BCUT2D eigenvalue weighted by Gasteiger charge is 2.22. The Labute approximate surface area is 125 Å². The van der Waals surface area contributed by atoms with Crippen molar-refractivity contribution in [3.05, 3.63) is 60.2 Å². The predicted octanol–water partition coefficient (Wildman–Crippen LogP) is 2.94. The minimum absolute atomic E-state index is 0.0589. The molecule has 1 atom stereocenters. The maximum Gasteiger partial charge on any atom is 0.246 e. The van der Waals surface area contributed by atoms with Crippen LogP contribution in [0.3, 0.4) is 0 Å². The van der Waals surface area contributed by atoms with E-state index in [2.05, 4.69) is 5.32 Å². The molecule has 1 N–H and O–H groups in total. The summed E-state index contributed by atoms with van der Waals surface area (Å²) in [6.45, 7) is 0. The highest BCUT2D eigenvalue weighted by molar-refractivity contribution is 5.95. The molecule has 110 valence electrons. The zero-order valence-electron chi connectivity index (χ0n) is 12.5. The number of carbonyl (C=O) groups excluding carboxylic acids is 1. The minimum atomic E-state index is -0.326. The van der Waals surface area contributed by atoms with Gasteiger partial charge in [0.2, 0.25) is 5.91 Å². The first-order chi connectivity index (χ1) is 10.1. The zero-order chi connectivity index (χ0) is 15.2. The molecule has 0 fully saturated rings. The Kier molecular flexibility index (Phi) is 4.95. The van der Waals surface area contributed by atoms with E-state index in [1.807, 2.05) is 73.6 Å². The smallest absolute Gasteiger partial charge is 0.246 e. The summed E-state index contributed by atoms with van der Waals surface area (Å²) < 4.78 is 5.11. The molecule has 0 aliphatic rings. The fourth-order valence-electron chi connectivity index (χ4n) is 2.20. The SMILES string of the molecule is COc1ccc(NC(=O)C(c2ccccc2)N(C)C)cc1. The lowest BCUT2D eigenvalue weighted by Crippen LogP contribution is -2.32. The second kappa shape index (κ2) is 6.90. The first kappa shape index (κ1) is 15.1. The number of amides is 1. The summed E-state index contributed by atoms with van der Waals surface area (Å²) in [6.07, 6.45) is 0. The van der Waals surface area contributed by atoms with E-state index in [4.69, 9.17) is 4.74 Å². The van der Waals surface area contributed by atoms with Crippen molar-refractivity contribution in [1.29, 1.82) is 0 Å².